The van der Waals surface area contributed by atoms with Gasteiger partial charge in [-0.15, -0.1) is 4.91 Å². The van der Waals surface area contributed by atoms with Crippen molar-refractivity contribution in [2.45, 2.75) is 0 Å². The third-order valence-corrected chi connectivity index (χ3v) is 4.39. The van der Waals surface area contributed by atoms with Gasteiger partial charge in [0.25, 0.3) is 0 Å². The van der Waals surface area contributed by atoms with Crippen molar-refractivity contribution in [2.24, 2.45) is 5.18 Å². The Morgan fingerprint density at radius 2 is 1.69 bits per heavy atom. The number of ether oxygens (including phenoxy) is 2. The lowest BCUT2D eigenvalue weighted by atomic mass is 9.92. The van der Waals surface area contributed by atoms with Crippen molar-refractivity contribution >= 4 is 17.1 Å². The quantitative estimate of drug-likeness (QED) is 0.805. The molecule has 0 fully saturated rings. The van der Waals surface area contributed by atoms with Crippen molar-refractivity contribution in [2.75, 3.05) is 27.4 Å². The second-order valence-electron chi connectivity index (χ2n) is 5.75. The first-order valence-electron chi connectivity index (χ1n) is 8.12. The van der Waals surface area contributed by atoms with E-state index in [4.69, 9.17) is 9.47 Å². The first-order valence-corrected chi connectivity index (χ1v) is 8.12. The summed E-state index contributed by atoms with van der Waals surface area (Å²) >= 11 is 0. The molecule has 0 saturated heterocycles. The smallest absolute Gasteiger partial charge is 0.140 e. The van der Waals surface area contributed by atoms with Gasteiger partial charge in [-0.3, -0.25) is 0 Å². The minimum absolute atomic E-state index is 0.0931. The summed E-state index contributed by atoms with van der Waals surface area (Å²) in [5.74, 6) is 1.37. The van der Waals surface area contributed by atoms with Crippen molar-refractivity contribution in [1.29, 1.82) is 0 Å². The van der Waals surface area contributed by atoms with Gasteiger partial charge < -0.3 is 19.5 Å². The maximum absolute atomic E-state index is 11.8. The van der Waals surface area contributed by atoms with Gasteiger partial charge >= 0.3 is 0 Å². The van der Waals surface area contributed by atoms with Crippen molar-refractivity contribution in [3.05, 3.63) is 70.6 Å². The van der Waals surface area contributed by atoms with Crippen LogP contribution in [0.4, 0.5) is 0 Å². The van der Waals surface area contributed by atoms with Crippen LogP contribution in [0.5, 0.6) is 11.5 Å². The number of rotatable bonds is 6. The normalized spacial score (nSPS) is 13.5. The van der Waals surface area contributed by atoms with Gasteiger partial charge in [-0.25, -0.2) is 0 Å². The Kier molecular flexibility index (Phi) is 5.04. The number of fused-ring (bicyclic) bond motifs is 1. The topological polar surface area (TPSA) is 71.4 Å². The summed E-state index contributed by atoms with van der Waals surface area (Å²) in [6, 6.07) is 12.7. The second-order valence-corrected chi connectivity index (χ2v) is 5.75. The molecule has 0 amide bonds. The van der Waals surface area contributed by atoms with Crippen molar-refractivity contribution in [3.8, 4) is 11.5 Å². The van der Waals surface area contributed by atoms with E-state index in [0.29, 0.717) is 34.2 Å². The molecule has 6 heteroatoms. The van der Waals surface area contributed by atoms with Gasteiger partial charge in [0.1, 0.15) is 17.2 Å². The van der Waals surface area contributed by atoms with Gasteiger partial charge in [0.2, 0.25) is 0 Å². The monoisotopic (exact) mass is 352 g/mol. The first-order chi connectivity index (χ1) is 12.6. The van der Waals surface area contributed by atoms with Gasteiger partial charge in [-0.1, -0.05) is 6.58 Å². The molecule has 1 aliphatic rings. The molecule has 1 heterocycles. The number of aliphatic hydroxyl groups is 1. The molecule has 1 aliphatic heterocycles. The highest BCUT2D eigenvalue weighted by atomic mass is 16.5. The predicted octanol–water partition coefficient (Wildman–Crippen LogP) is 3.57. The lowest BCUT2D eigenvalue weighted by Gasteiger charge is -2.34. The molecule has 0 radical (unpaired) electrons. The third kappa shape index (κ3) is 2.95. The highest BCUT2D eigenvalue weighted by molar-refractivity contribution is 5.99. The fourth-order valence-corrected chi connectivity index (χ4v) is 3.11. The van der Waals surface area contributed by atoms with E-state index >= 15 is 0 Å². The maximum atomic E-state index is 11.8. The fraction of sp³-hybridized carbons (Fsp3) is 0.200. The summed E-state index contributed by atoms with van der Waals surface area (Å²) < 4.78 is 10.5. The Bertz CT molecular complexity index is 872. The van der Waals surface area contributed by atoms with Crippen molar-refractivity contribution < 1.29 is 14.6 Å². The van der Waals surface area contributed by atoms with Gasteiger partial charge in [-0.05, 0) is 47.6 Å². The molecule has 0 aliphatic carbocycles. The zero-order valence-corrected chi connectivity index (χ0v) is 14.7. The number of aliphatic hydroxyl groups excluding tert-OH is 1. The van der Waals surface area contributed by atoms with E-state index < -0.39 is 0 Å². The van der Waals surface area contributed by atoms with Crippen LogP contribution in [0.2, 0.25) is 0 Å². The van der Waals surface area contributed by atoms with Gasteiger partial charge in [0.05, 0.1) is 26.5 Å². The summed E-state index contributed by atoms with van der Waals surface area (Å²) in [5.41, 5.74) is 3.81. The molecule has 1 N–H and O–H groups in total. The second kappa shape index (κ2) is 7.41. The lowest BCUT2D eigenvalue weighted by molar-refractivity contribution is 0.271. The summed E-state index contributed by atoms with van der Waals surface area (Å²) in [4.78, 5) is 13.6. The summed E-state index contributed by atoms with van der Waals surface area (Å²) in [6.45, 7) is 4.36. The van der Waals surface area contributed by atoms with Crippen LogP contribution >= 0.6 is 0 Å². The number of hydrogen-bond donors (Lipinski definition) is 1. The number of benzene rings is 2. The van der Waals surface area contributed by atoms with E-state index in [2.05, 4.69) is 11.8 Å². The standard InChI is InChI=1S/C20H20N2O4/c1-13-18-12-16(26-3)8-9-17(18)19(21-24)20(22(13)10-11-23)14-4-6-15(25-2)7-5-14/h4-9,12,23H,1,10-11H2,2-3H3. The summed E-state index contributed by atoms with van der Waals surface area (Å²) in [5, 5.41) is 12.8. The number of methoxy groups -OCH3 is 2. The average Bonchev–Trinajstić information content (AvgIpc) is 2.69. The average molecular weight is 352 g/mol. The zero-order valence-electron chi connectivity index (χ0n) is 14.7. The molecule has 26 heavy (non-hydrogen) atoms. The third-order valence-electron chi connectivity index (χ3n) is 4.39. The minimum atomic E-state index is -0.0931. The van der Waals surface area contributed by atoms with Gasteiger partial charge in [0.15, 0.2) is 0 Å². The summed E-state index contributed by atoms with van der Waals surface area (Å²) in [6.07, 6.45) is 0. The molecule has 0 bridgehead atoms. The molecule has 134 valence electrons. The minimum Gasteiger partial charge on any atom is -0.497 e. The van der Waals surface area contributed by atoms with Gasteiger partial charge in [-0.2, -0.15) is 0 Å². The van der Waals surface area contributed by atoms with E-state index in [1.54, 1.807) is 31.3 Å². The van der Waals surface area contributed by atoms with Crippen LogP contribution in [0.15, 0.2) is 54.2 Å². The number of hydrogen-bond acceptors (Lipinski definition) is 6. The highest BCUT2D eigenvalue weighted by Crippen LogP contribution is 2.43. The molecular weight excluding hydrogens is 332 g/mol. The molecule has 2 aromatic rings. The van der Waals surface area contributed by atoms with E-state index in [9.17, 15) is 10.0 Å². The van der Waals surface area contributed by atoms with E-state index in [-0.39, 0.29) is 13.2 Å². The molecule has 0 saturated carbocycles. The molecule has 3 rings (SSSR count). The van der Waals surface area contributed by atoms with E-state index in [1.165, 1.54) is 0 Å². The Morgan fingerprint density at radius 1 is 1.04 bits per heavy atom. The summed E-state index contributed by atoms with van der Waals surface area (Å²) in [7, 11) is 3.17. The van der Waals surface area contributed by atoms with Crippen molar-refractivity contribution in [1.82, 2.24) is 4.90 Å². The van der Waals surface area contributed by atoms with Crippen molar-refractivity contribution in [3.63, 3.8) is 0 Å². The molecule has 0 aromatic heterocycles. The number of nitrogens with zero attached hydrogens (tertiary/aromatic N) is 2. The zero-order chi connectivity index (χ0) is 18.7. The van der Waals surface area contributed by atoms with Crippen LogP contribution in [0.25, 0.3) is 17.1 Å². The highest BCUT2D eigenvalue weighted by Gasteiger charge is 2.30. The number of nitroso groups, excluding NO2 is 1. The van der Waals surface area contributed by atoms with Crippen LogP contribution in [0.1, 0.15) is 16.7 Å². The fourth-order valence-electron chi connectivity index (χ4n) is 3.11. The Hall–Kier alpha value is -3.12. The molecule has 2 aromatic carbocycles. The first kappa shape index (κ1) is 17.7. The predicted molar refractivity (Wildman–Crippen MR) is 101 cm³/mol. The molecule has 0 atom stereocenters. The van der Waals surface area contributed by atoms with Gasteiger partial charge in [0, 0.05) is 28.9 Å². The molecular formula is C20H20N2O4. The molecule has 6 nitrogen and oxygen atoms in total. The molecule has 0 spiro atoms. The largest absolute Gasteiger partial charge is 0.497 e. The SMILES string of the molecule is C=C1c2cc(OC)ccc2C(N=O)=C(c2ccc(OC)cc2)N1CCO. The van der Waals surface area contributed by atoms with Crippen LogP contribution in [-0.4, -0.2) is 37.4 Å². The van der Waals surface area contributed by atoms with Crippen LogP contribution in [-0.2, 0) is 0 Å². The Balaban J connectivity index is 2.25. The number of β-amino-alcohol motifs (C(OH)–C–C–N with tert-alkyl or cyclic N) is 1. The van der Waals surface area contributed by atoms with Crippen LogP contribution in [0, 0.1) is 4.91 Å². The Labute approximate surface area is 151 Å². The molecule has 0 unspecified atom stereocenters. The van der Waals surface area contributed by atoms with Crippen LogP contribution in [0.3, 0.4) is 0 Å². The van der Waals surface area contributed by atoms with E-state index in [1.807, 2.05) is 30.3 Å². The van der Waals surface area contributed by atoms with E-state index in [0.717, 1.165) is 11.1 Å². The lowest BCUT2D eigenvalue weighted by Crippen LogP contribution is -2.28. The maximum Gasteiger partial charge on any atom is 0.140 e. The van der Waals surface area contributed by atoms with Crippen LogP contribution < -0.4 is 9.47 Å². The Morgan fingerprint density at radius 3 is 2.27 bits per heavy atom.